The maximum absolute atomic E-state index is 5.55. The zero-order valence-electron chi connectivity index (χ0n) is 20.8. The van der Waals surface area contributed by atoms with E-state index in [1.807, 2.05) is 56.6 Å². The number of hydrogen-bond donors (Lipinski definition) is 3. The van der Waals surface area contributed by atoms with Crippen molar-refractivity contribution in [2.45, 2.75) is 25.3 Å². The van der Waals surface area contributed by atoms with E-state index >= 15 is 0 Å². The number of nitrogens with one attached hydrogen (secondary N) is 3. The molecular formula is C28H28N8O. The number of aromatic amines is 1. The molecule has 0 spiro atoms. The van der Waals surface area contributed by atoms with Crippen LogP contribution in [0.25, 0.3) is 22.5 Å². The molecule has 0 atom stereocenters. The molecule has 3 aromatic heterocycles. The zero-order valence-corrected chi connectivity index (χ0v) is 20.8. The van der Waals surface area contributed by atoms with Gasteiger partial charge in [0.25, 0.3) is 0 Å². The van der Waals surface area contributed by atoms with Crippen LogP contribution < -0.4 is 15.5 Å². The molecule has 3 N–H and O–H groups in total. The standard InChI is InChI=1S/C28H28N8O/c1-36(2)21-12-10-19(11-13-21)23-15-26(31-27-16-24(33-34-27)20-8-9-20)32-28(30-23)29-17-22-14-25(35-37-22)18-6-4-3-5-7-18/h3-7,10-16,20H,8-9,17H2,1-2H3,(H3,29,30,31,32,33,34). The molecule has 186 valence electrons. The molecule has 0 aliphatic heterocycles. The third kappa shape index (κ3) is 5.30. The highest BCUT2D eigenvalue weighted by molar-refractivity contribution is 5.68. The van der Waals surface area contributed by atoms with E-state index in [1.54, 1.807) is 0 Å². The Hall–Kier alpha value is -4.66. The van der Waals surface area contributed by atoms with Gasteiger partial charge in [0, 0.05) is 60.7 Å². The Labute approximate surface area is 215 Å². The van der Waals surface area contributed by atoms with Crippen LogP contribution in [0.1, 0.15) is 30.2 Å². The predicted octanol–water partition coefficient (Wildman–Crippen LogP) is 5.82. The molecule has 1 aliphatic rings. The van der Waals surface area contributed by atoms with E-state index in [-0.39, 0.29) is 0 Å². The summed E-state index contributed by atoms with van der Waals surface area (Å²) in [6.07, 6.45) is 2.42. The van der Waals surface area contributed by atoms with Crippen LogP contribution in [0.15, 0.2) is 77.3 Å². The maximum Gasteiger partial charge on any atom is 0.225 e. The fourth-order valence-corrected chi connectivity index (χ4v) is 4.11. The molecule has 9 nitrogen and oxygen atoms in total. The van der Waals surface area contributed by atoms with Gasteiger partial charge < -0.3 is 20.1 Å². The van der Waals surface area contributed by atoms with Gasteiger partial charge >= 0.3 is 0 Å². The summed E-state index contributed by atoms with van der Waals surface area (Å²) < 4.78 is 5.55. The Morgan fingerprint density at radius 2 is 1.68 bits per heavy atom. The normalized spacial score (nSPS) is 12.9. The van der Waals surface area contributed by atoms with Crippen LogP contribution in [0, 0.1) is 0 Å². The van der Waals surface area contributed by atoms with E-state index in [0.717, 1.165) is 39.7 Å². The molecular weight excluding hydrogens is 464 g/mol. The van der Waals surface area contributed by atoms with Gasteiger partial charge in [-0.1, -0.05) is 47.6 Å². The minimum atomic E-state index is 0.399. The van der Waals surface area contributed by atoms with Crippen molar-refractivity contribution in [2.75, 3.05) is 29.6 Å². The molecule has 1 fully saturated rings. The van der Waals surface area contributed by atoms with Crippen LogP contribution in [0.3, 0.4) is 0 Å². The van der Waals surface area contributed by atoms with Crippen LogP contribution in [-0.4, -0.2) is 39.4 Å². The Morgan fingerprint density at radius 1 is 0.892 bits per heavy atom. The Kier molecular flexibility index (Phi) is 6.02. The largest absolute Gasteiger partial charge is 0.378 e. The second-order valence-electron chi connectivity index (χ2n) is 9.41. The molecule has 0 amide bonds. The molecule has 37 heavy (non-hydrogen) atoms. The van der Waals surface area contributed by atoms with Gasteiger partial charge in [-0.25, -0.2) is 4.98 Å². The van der Waals surface area contributed by atoms with Gasteiger partial charge in [-0.15, -0.1) is 0 Å². The molecule has 6 rings (SSSR count). The number of benzene rings is 2. The summed E-state index contributed by atoms with van der Waals surface area (Å²) in [6, 6.07) is 24.1. The second-order valence-corrected chi connectivity index (χ2v) is 9.41. The highest BCUT2D eigenvalue weighted by atomic mass is 16.5. The third-order valence-corrected chi connectivity index (χ3v) is 6.33. The average molecular weight is 493 g/mol. The first-order valence-electron chi connectivity index (χ1n) is 12.3. The minimum absolute atomic E-state index is 0.399. The summed E-state index contributed by atoms with van der Waals surface area (Å²) in [7, 11) is 4.05. The highest BCUT2D eigenvalue weighted by Gasteiger charge is 2.25. The van der Waals surface area contributed by atoms with E-state index in [4.69, 9.17) is 14.5 Å². The number of H-pyrrole nitrogens is 1. The van der Waals surface area contributed by atoms with E-state index in [1.165, 1.54) is 12.8 Å². The number of anilines is 4. The summed E-state index contributed by atoms with van der Waals surface area (Å²) in [5.74, 6) is 3.16. The molecule has 0 bridgehead atoms. The first-order valence-corrected chi connectivity index (χ1v) is 12.3. The van der Waals surface area contributed by atoms with Crippen molar-refractivity contribution < 1.29 is 4.52 Å². The van der Waals surface area contributed by atoms with E-state index in [9.17, 15) is 0 Å². The van der Waals surface area contributed by atoms with Crippen molar-refractivity contribution >= 4 is 23.3 Å². The van der Waals surface area contributed by atoms with E-state index < -0.39 is 0 Å². The Bertz CT molecular complexity index is 1490. The van der Waals surface area contributed by atoms with Crippen molar-refractivity contribution in [3.63, 3.8) is 0 Å². The van der Waals surface area contributed by atoms with Crippen LogP contribution in [0.2, 0.25) is 0 Å². The van der Waals surface area contributed by atoms with Crippen molar-refractivity contribution in [2.24, 2.45) is 0 Å². The number of nitrogens with zero attached hydrogens (tertiary/aromatic N) is 5. The lowest BCUT2D eigenvalue weighted by atomic mass is 10.1. The van der Waals surface area contributed by atoms with Gasteiger partial charge in [-0.3, -0.25) is 5.10 Å². The molecule has 0 saturated heterocycles. The molecule has 0 radical (unpaired) electrons. The average Bonchev–Trinajstić information content (AvgIpc) is 3.48. The number of aromatic nitrogens is 5. The summed E-state index contributed by atoms with van der Waals surface area (Å²) in [5, 5.41) is 18.4. The molecule has 5 aromatic rings. The van der Waals surface area contributed by atoms with Crippen LogP contribution >= 0.6 is 0 Å². The van der Waals surface area contributed by atoms with Gasteiger partial charge in [-0.2, -0.15) is 10.1 Å². The molecule has 9 heteroatoms. The minimum Gasteiger partial charge on any atom is -0.378 e. The van der Waals surface area contributed by atoms with Crippen molar-refractivity contribution in [1.29, 1.82) is 0 Å². The summed E-state index contributed by atoms with van der Waals surface area (Å²) in [6.45, 7) is 0.399. The summed E-state index contributed by atoms with van der Waals surface area (Å²) in [4.78, 5) is 11.5. The summed E-state index contributed by atoms with van der Waals surface area (Å²) >= 11 is 0. The molecule has 3 heterocycles. The number of hydrogen-bond acceptors (Lipinski definition) is 8. The lowest BCUT2D eigenvalue weighted by molar-refractivity contribution is 0.390. The quantitative estimate of drug-likeness (QED) is 0.236. The SMILES string of the molecule is CN(C)c1ccc(-c2cc(Nc3cc(C4CC4)[nH]n3)nc(NCc3cc(-c4ccccc4)no3)n2)cc1. The van der Waals surface area contributed by atoms with Gasteiger partial charge in [0.1, 0.15) is 11.5 Å². The fourth-order valence-electron chi connectivity index (χ4n) is 4.11. The fraction of sp³-hybridized carbons (Fsp3) is 0.214. The Balaban J connectivity index is 1.25. The molecule has 2 aromatic carbocycles. The van der Waals surface area contributed by atoms with Crippen molar-refractivity contribution in [3.8, 4) is 22.5 Å². The zero-order chi connectivity index (χ0) is 25.2. The topological polar surface area (TPSA) is 108 Å². The molecule has 0 unspecified atom stereocenters. The first-order chi connectivity index (χ1) is 18.1. The number of rotatable bonds is 9. The lowest BCUT2D eigenvalue weighted by Gasteiger charge is -2.13. The third-order valence-electron chi connectivity index (χ3n) is 6.33. The molecule has 1 saturated carbocycles. The smallest absolute Gasteiger partial charge is 0.225 e. The van der Waals surface area contributed by atoms with Crippen molar-refractivity contribution in [3.05, 3.63) is 84.3 Å². The molecule has 1 aliphatic carbocycles. The van der Waals surface area contributed by atoms with Gasteiger partial charge in [-0.05, 0) is 25.0 Å². The van der Waals surface area contributed by atoms with E-state index in [0.29, 0.717) is 30.0 Å². The highest BCUT2D eigenvalue weighted by Crippen LogP contribution is 2.39. The van der Waals surface area contributed by atoms with E-state index in [2.05, 4.69) is 61.2 Å². The van der Waals surface area contributed by atoms with Gasteiger partial charge in [0.15, 0.2) is 11.6 Å². The van der Waals surface area contributed by atoms with Crippen LogP contribution in [-0.2, 0) is 6.54 Å². The van der Waals surface area contributed by atoms with Gasteiger partial charge in [0.05, 0.1) is 12.2 Å². The van der Waals surface area contributed by atoms with Gasteiger partial charge in [0.2, 0.25) is 5.95 Å². The summed E-state index contributed by atoms with van der Waals surface area (Å²) in [5.41, 5.74) is 5.87. The predicted molar refractivity (Wildman–Crippen MR) is 145 cm³/mol. The lowest BCUT2D eigenvalue weighted by Crippen LogP contribution is -2.08. The monoisotopic (exact) mass is 492 g/mol. The Morgan fingerprint density at radius 3 is 2.43 bits per heavy atom. The van der Waals surface area contributed by atoms with Crippen molar-refractivity contribution in [1.82, 2.24) is 25.3 Å². The maximum atomic E-state index is 5.55. The van der Waals surface area contributed by atoms with Crippen LogP contribution in [0.4, 0.5) is 23.3 Å². The van der Waals surface area contributed by atoms with Crippen LogP contribution in [0.5, 0.6) is 0 Å². The second kappa shape index (κ2) is 9.77. The first kappa shape index (κ1) is 22.8.